The standard InChI is InChI=1S/2C18H15N.C17H14N2.C16H13N3.C6H7N/c1-14-12-17(15-8-4-2-5-9-15)13-18(19-14)16-10-6-3-7-11-16;1-14-12-17(15-8-4-2-5-9-15)19-18(13-14)16-10-6-3-7-11-16;1-13-18-16(14-8-4-2-5-9-14)12-17(19-13)15-10-6-3-7-11-15;1-12-10-15(13-6-2-4-8-17-13)19-16(11-12)14-7-3-5-9-18-14;1-6-3-2-4-7-5-6/h2*2-13H,1H3;2-12H,1H3;2-11H,1H3;2-5H,1H3. The Balaban J connectivity index is 0.000000128. The molecule has 0 aliphatic heterocycles. The van der Waals surface area contributed by atoms with Gasteiger partial charge in [0.15, 0.2) is 0 Å². The number of hydrogen-bond donors (Lipinski definition) is 0. The minimum absolute atomic E-state index is 0.792. The van der Waals surface area contributed by atoms with Gasteiger partial charge >= 0.3 is 0 Å². The van der Waals surface area contributed by atoms with Gasteiger partial charge in [-0.2, -0.15) is 0 Å². The topological polar surface area (TPSA) is 103 Å². The normalized spacial score (nSPS) is 10.2. The van der Waals surface area contributed by atoms with E-state index >= 15 is 0 Å². The molecule has 7 heterocycles. The molecule has 8 heteroatoms. The Kier molecular flexibility index (Phi) is 20.3. The highest BCUT2D eigenvalue weighted by Gasteiger charge is 2.09. The highest BCUT2D eigenvalue weighted by molar-refractivity contribution is 5.72. The molecule has 0 amide bonds. The molecule has 0 saturated heterocycles. The van der Waals surface area contributed by atoms with Gasteiger partial charge in [-0.15, -0.1) is 0 Å². The Morgan fingerprint density at radius 3 is 0.916 bits per heavy atom. The molecule has 0 unspecified atom stereocenters. The molecule has 0 aliphatic carbocycles. The third kappa shape index (κ3) is 17.2. The Morgan fingerprint density at radius 1 is 0.217 bits per heavy atom. The molecular weight excluding hydrogens is 1010 g/mol. The van der Waals surface area contributed by atoms with Crippen LogP contribution in [0.1, 0.15) is 28.2 Å². The van der Waals surface area contributed by atoms with E-state index in [1.165, 1.54) is 22.3 Å². The first-order valence-corrected chi connectivity index (χ1v) is 27.5. The van der Waals surface area contributed by atoms with E-state index in [1.807, 2.05) is 191 Å². The molecule has 13 aromatic rings. The van der Waals surface area contributed by atoms with Gasteiger partial charge in [0.05, 0.1) is 51.2 Å². The number of hydrogen-bond acceptors (Lipinski definition) is 8. The Morgan fingerprint density at radius 2 is 0.566 bits per heavy atom. The molecule has 0 atom stereocenters. The third-order valence-corrected chi connectivity index (χ3v) is 12.8. The first kappa shape index (κ1) is 57.0. The van der Waals surface area contributed by atoms with Crippen LogP contribution in [-0.4, -0.2) is 39.9 Å². The van der Waals surface area contributed by atoms with Gasteiger partial charge in [0, 0.05) is 58.3 Å². The number of aryl methyl sites for hydroxylation is 5. The molecule has 0 saturated carbocycles. The fourth-order valence-electron chi connectivity index (χ4n) is 8.89. The number of nitrogens with zero attached hydrogens (tertiary/aromatic N) is 8. The van der Waals surface area contributed by atoms with Crippen molar-refractivity contribution in [2.75, 3.05) is 0 Å². The lowest BCUT2D eigenvalue weighted by molar-refractivity contribution is 1.06. The van der Waals surface area contributed by atoms with Crippen molar-refractivity contribution < 1.29 is 0 Å². The molecule has 7 aromatic heterocycles. The average Bonchev–Trinajstić information content (AvgIpc) is 3.67. The van der Waals surface area contributed by atoms with E-state index in [-0.39, 0.29) is 0 Å². The van der Waals surface area contributed by atoms with E-state index in [4.69, 9.17) is 4.98 Å². The zero-order chi connectivity index (χ0) is 57.4. The highest BCUT2D eigenvalue weighted by Crippen LogP contribution is 2.28. The Labute approximate surface area is 488 Å². The van der Waals surface area contributed by atoms with Gasteiger partial charge in [0.2, 0.25) is 0 Å². The second-order valence-electron chi connectivity index (χ2n) is 19.6. The van der Waals surface area contributed by atoms with Crippen LogP contribution in [0, 0.1) is 34.6 Å². The molecule has 404 valence electrons. The van der Waals surface area contributed by atoms with Crippen LogP contribution in [0.3, 0.4) is 0 Å². The van der Waals surface area contributed by atoms with Gasteiger partial charge in [-0.25, -0.2) is 19.9 Å². The molecule has 83 heavy (non-hydrogen) atoms. The first-order valence-electron chi connectivity index (χ1n) is 27.5. The van der Waals surface area contributed by atoms with Crippen LogP contribution in [0.15, 0.2) is 298 Å². The van der Waals surface area contributed by atoms with Crippen molar-refractivity contribution in [1.29, 1.82) is 0 Å². The lowest BCUT2D eigenvalue weighted by Gasteiger charge is -2.07. The van der Waals surface area contributed by atoms with Crippen molar-refractivity contribution in [3.63, 3.8) is 0 Å². The third-order valence-electron chi connectivity index (χ3n) is 12.8. The predicted molar refractivity (Wildman–Crippen MR) is 342 cm³/mol. The summed E-state index contributed by atoms with van der Waals surface area (Å²) < 4.78 is 0. The quantitative estimate of drug-likeness (QED) is 0.148. The van der Waals surface area contributed by atoms with Crippen LogP contribution in [-0.2, 0) is 0 Å². The molecular formula is C75H64N8. The van der Waals surface area contributed by atoms with Crippen LogP contribution in [0.2, 0.25) is 0 Å². The van der Waals surface area contributed by atoms with E-state index in [0.717, 1.165) is 96.1 Å². The SMILES string of the molecule is Cc1cc(-c2ccccc2)cc(-c2ccccc2)n1.Cc1cc(-c2ccccc2)nc(-c2ccccc2)c1.Cc1cc(-c2ccccn2)nc(-c2ccccn2)c1.Cc1cccnc1.Cc1nc(-c2ccccc2)cc(-c2ccccc2)n1. The summed E-state index contributed by atoms with van der Waals surface area (Å²) in [6, 6.07) is 91.9. The second kappa shape index (κ2) is 29.5. The van der Waals surface area contributed by atoms with Gasteiger partial charge in [0.1, 0.15) is 5.82 Å². The van der Waals surface area contributed by atoms with Crippen molar-refractivity contribution in [2.45, 2.75) is 34.6 Å². The zero-order valence-corrected chi connectivity index (χ0v) is 47.4. The van der Waals surface area contributed by atoms with Gasteiger partial charge in [-0.05, 0) is 135 Å². The largest absolute Gasteiger partial charge is 0.264 e. The van der Waals surface area contributed by atoms with E-state index in [9.17, 15) is 0 Å². The lowest BCUT2D eigenvalue weighted by Crippen LogP contribution is -1.94. The van der Waals surface area contributed by atoms with E-state index in [2.05, 4.69) is 158 Å². The Bertz CT molecular complexity index is 3300. The maximum Gasteiger partial charge on any atom is 0.126 e. The summed E-state index contributed by atoms with van der Waals surface area (Å²) in [6.45, 7) is 10.2. The average molecular weight is 1080 g/mol. The number of rotatable bonds is 8. The van der Waals surface area contributed by atoms with Crippen molar-refractivity contribution in [3.8, 4) is 90.2 Å². The van der Waals surface area contributed by atoms with E-state index in [1.54, 1.807) is 18.6 Å². The summed E-state index contributed by atoms with van der Waals surface area (Å²) in [5.74, 6) is 0.792. The van der Waals surface area contributed by atoms with Crippen LogP contribution in [0.4, 0.5) is 0 Å². The fraction of sp³-hybridized carbons (Fsp3) is 0.0667. The number of benzene rings is 6. The molecule has 13 rings (SSSR count). The molecule has 0 bridgehead atoms. The number of pyridine rings is 6. The summed E-state index contributed by atoms with van der Waals surface area (Å²) in [5, 5.41) is 0. The summed E-state index contributed by atoms with van der Waals surface area (Å²) in [4.78, 5) is 35.7. The predicted octanol–water partition coefficient (Wildman–Crippen LogP) is 18.5. The monoisotopic (exact) mass is 1080 g/mol. The van der Waals surface area contributed by atoms with Crippen LogP contribution >= 0.6 is 0 Å². The zero-order valence-electron chi connectivity index (χ0n) is 47.4. The molecule has 0 aliphatic rings. The maximum atomic E-state index is 4.77. The number of aromatic nitrogens is 8. The molecule has 0 spiro atoms. The van der Waals surface area contributed by atoms with Crippen molar-refractivity contribution >= 4 is 0 Å². The summed E-state index contributed by atoms with van der Waals surface area (Å²) in [6.07, 6.45) is 7.16. The molecule has 6 aromatic carbocycles. The summed E-state index contributed by atoms with van der Waals surface area (Å²) in [5.41, 5.74) is 21.3. The van der Waals surface area contributed by atoms with Crippen LogP contribution in [0.5, 0.6) is 0 Å². The first-order chi connectivity index (χ1) is 40.7. The second-order valence-corrected chi connectivity index (χ2v) is 19.6. The Hall–Kier alpha value is -10.7. The van der Waals surface area contributed by atoms with Crippen LogP contribution < -0.4 is 0 Å². The van der Waals surface area contributed by atoms with Crippen molar-refractivity contribution in [1.82, 2.24) is 39.9 Å². The minimum atomic E-state index is 0.792. The lowest BCUT2D eigenvalue weighted by atomic mass is 10.0. The van der Waals surface area contributed by atoms with Gasteiger partial charge in [-0.3, -0.25) is 19.9 Å². The van der Waals surface area contributed by atoms with Crippen molar-refractivity contribution in [3.05, 3.63) is 326 Å². The molecule has 0 N–H and O–H groups in total. The molecule has 0 fully saturated rings. The van der Waals surface area contributed by atoms with E-state index in [0.29, 0.717) is 0 Å². The van der Waals surface area contributed by atoms with E-state index < -0.39 is 0 Å². The summed E-state index contributed by atoms with van der Waals surface area (Å²) >= 11 is 0. The molecule has 0 radical (unpaired) electrons. The van der Waals surface area contributed by atoms with Gasteiger partial charge < -0.3 is 0 Å². The van der Waals surface area contributed by atoms with Gasteiger partial charge in [0.25, 0.3) is 0 Å². The van der Waals surface area contributed by atoms with Crippen LogP contribution in [0.25, 0.3) is 90.2 Å². The van der Waals surface area contributed by atoms with Crippen molar-refractivity contribution in [2.24, 2.45) is 0 Å². The maximum absolute atomic E-state index is 4.77. The minimum Gasteiger partial charge on any atom is -0.264 e. The molecule has 8 nitrogen and oxygen atoms in total. The van der Waals surface area contributed by atoms with Gasteiger partial charge in [-0.1, -0.05) is 200 Å². The summed E-state index contributed by atoms with van der Waals surface area (Å²) in [7, 11) is 0. The smallest absolute Gasteiger partial charge is 0.126 e. The highest BCUT2D eigenvalue weighted by atomic mass is 14.9. The fourth-order valence-corrected chi connectivity index (χ4v) is 8.89.